The fourth-order valence-electron chi connectivity index (χ4n) is 5.64. The second kappa shape index (κ2) is 8.76. The molecule has 2 aliphatic heterocycles. The lowest BCUT2D eigenvalue weighted by Crippen LogP contribution is -2.53. The topological polar surface area (TPSA) is 83.7 Å². The summed E-state index contributed by atoms with van der Waals surface area (Å²) in [7, 11) is 0. The molecule has 0 saturated carbocycles. The summed E-state index contributed by atoms with van der Waals surface area (Å²) in [5.41, 5.74) is 0.321. The van der Waals surface area contributed by atoms with Crippen molar-refractivity contribution in [3.05, 3.63) is 120 Å². The summed E-state index contributed by atoms with van der Waals surface area (Å²) in [5, 5.41) is 1.32. The smallest absolute Gasteiger partial charge is 0.297 e. The van der Waals surface area contributed by atoms with Crippen LogP contribution in [0.2, 0.25) is 10.0 Å². The molecule has 2 aromatic heterocycles. The van der Waals surface area contributed by atoms with Crippen molar-refractivity contribution in [3.8, 4) is 0 Å². The Kier molecular flexibility index (Phi) is 5.48. The summed E-state index contributed by atoms with van der Waals surface area (Å²) in [4.78, 5) is 51.9. The van der Waals surface area contributed by atoms with Gasteiger partial charge in [-0.1, -0.05) is 59.6 Å². The number of aromatic nitrogens is 1. The molecule has 4 heterocycles. The van der Waals surface area contributed by atoms with Crippen LogP contribution in [0.3, 0.4) is 0 Å². The Labute approximate surface area is 242 Å². The minimum absolute atomic E-state index is 0.0446. The number of benzene rings is 3. The largest absolute Gasteiger partial charge is 0.450 e. The van der Waals surface area contributed by atoms with Crippen LogP contribution in [0, 0.1) is 13.8 Å². The second-order valence-electron chi connectivity index (χ2n) is 9.76. The maximum absolute atomic E-state index is 14.9. The number of amides is 2. The molecule has 3 aromatic carbocycles. The zero-order valence-electron chi connectivity index (χ0n) is 21.2. The van der Waals surface area contributed by atoms with Crippen molar-refractivity contribution >= 4 is 68.1 Å². The average Bonchev–Trinajstić information content (AvgIpc) is 3.49. The van der Waals surface area contributed by atoms with E-state index >= 15 is 0 Å². The quantitative estimate of drug-likeness (QED) is 0.237. The molecule has 40 heavy (non-hydrogen) atoms. The lowest BCUT2D eigenvalue weighted by atomic mass is 9.84. The molecule has 0 fully saturated rings. The predicted molar refractivity (Wildman–Crippen MR) is 156 cm³/mol. The zero-order chi connectivity index (χ0) is 27.9. The highest BCUT2D eigenvalue weighted by Gasteiger charge is 2.66. The van der Waals surface area contributed by atoms with Gasteiger partial charge >= 0.3 is 0 Å². The molecule has 1 atom stereocenters. The molecule has 0 aliphatic carbocycles. The van der Waals surface area contributed by atoms with Crippen molar-refractivity contribution in [2.45, 2.75) is 25.9 Å². The number of thiazole rings is 1. The van der Waals surface area contributed by atoms with Crippen LogP contribution in [0.25, 0.3) is 11.0 Å². The highest BCUT2D eigenvalue weighted by Crippen LogP contribution is 2.55. The number of hydrogen-bond donors (Lipinski definition) is 0. The molecule has 0 bridgehead atoms. The van der Waals surface area contributed by atoms with Gasteiger partial charge in [0, 0.05) is 20.5 Å². The van der Waals surface area contributed by atoms with Crippen LogP contribution in [0.4, 0.5) is 10.8 Å². The van der Waals surface area contributed by atoms with Crippen molar-refractivity contribution < 1.29 is 14.0 Å². The number of hydrogen-bond acceptors (Lipinski definition) is 6. The Hall–Kier alpha value is -3.98. The van der Waals surface area contributed by atoms with Gasteiger partial charge in [0.25, 0.3) is 11.8 Å². The minimum atomic E-state index is -1.84. The van der Waals surface area contributed by atoms with Crippen LogP contribution >= 0.6 is 34.5 Å². The van der Waals surface area contributed by atoms with Crippen molar-refractivity contribution in [2.24, 2.45) is 0 Å². The van der Waals surface area contributed by atoms with Crippen LogP contribution < -0.4 is 15.2 Å². The lowest BCUT2D eigenvalue weighted by Gasteiger charge is -2.32. The molecule has 0 radical (unpaired) electrons. The molecule has 0 N–H and O–H groups in total. The lowest BCUT2D eigenvalue weighted by molar-refractivity contribution is -0.121. The molecule has 198 valence electrons. The first kappa shape index (κ1) is 25.0. The summed E-state index contributed by atoms with van der Waals surface area (Å²) in [6, 6.07) is 19.0. The highest BCUT2D eigenvalue weighted by molar-refractivity contribution is 7.16. The molecular weight excluding hydrogens is 569 g/mol. The maximum Gasteiger partial charge on any atom is 0.297 e. The van der Waals surface area contributed by atoms with Gasteiger partial charge in [0.2, 0.25) is 5.76 Å². The molecule has 2 aliphatic rings. The van der Waals surface area contributed by atoms with E-state index < -0.39 is 22.8 Å². The van der Waals surface area contributed by atoms with Gasteiger partial charge in [-0.25, -0.2) is 4.98 Å². The molecule has 10 heteroatoms. The summed E-state index contributed by atoms with van der Waals surface area (Å²) in [6.45, 7) is 3.86. The number of nitrogens with zero attached hydrogens (tertiary/aromatic N) is 3. The van der Waals surface area contributed by atoms with Crippen LogP contribution in [0.15, 0.2) is 75.9 Å². The minimum Gasteiger partial charge on any atom is -0.450 e. The molecule has 7 rings (SSSR count). The number of para-hydroxylation sites is 1. The predicted octanol–water partition coefficient (Wildman–Crippen LogP) is 6.62. The SMILES string of the molecule is Cc1nc(N2C(=O)c3oc4ccc(Cl)cc4c(=O)c3C23C(=O)N(Cc2ccccc2Cl)c2ccccc23)sc1C. The first-order valence-corrected chi connectivity index (χ1v) is 14.0. The van der Waals surface area contributed by atoms with E-state index in [9.17, 15) is 14.4 Å². The van der Waals surface area contributed by atoms with Gasteiger partial charge in [0.1, 0.15) is 5.58 Å². The molecular formula is C30H19Cl2N3O4S. The zero-order valence-corrected chi connectivity index (χ0v) is 23.5. The van der Waals surface area contributed by atoms with Gasteiger partial charge in [-0.05, 0) is 49.7 Å². The van der Waals surface area contributed by atoms with Crippen molar-refractivity contribution in [3.63, 3.8) is 0 Å². The maximum atomic E-state index is 14.9. The summed E-state index contributed by atoms with van der Waals surface area (Å²) < 4.78 is 6.10. The van der Waals surface area contributed by atoms with Crippen LogP contribution in [0.5, 0.6) is 0 Å². The Morgan fingerprint density at radius 2 is 1.73 bits per heavy atom. The van der Waals surface area contributed by atoms with Crippen molar-refractivity contribution in [2.75, 3.05) is 9.80 Å². The number of rotatable bonds is 3. The molecule has 1 unspecified atom stereocenters. The number of anilines is 2. The third-order valence-corrected chi connectivity index (χ3v) is 9.24. The Balaban J connectivity index is 1.58. The van der Waals surface area contributed by atoms with Crippen LogP contribution in [-0.4, -0.2) is 16.8 Å². The average molecular weight is 588 g/mol. The van der Waals surface area contributed by atoms with Gasteiger partial charge in [0.15, 0.2) is 16.1 Å². The van der Waals surface area contributed by atoms with E-state index in [-0.39, 0.29) is 28.8 Å². The molecule has 7 nitrogen and oxygen atoms in total. The number of carbonyl (C=O) groups is 2. The van der Waals surface area contributed by atoms with Gasteiger partial charge in [-0.15, -0.1) is 11.3 Å². The summed E-state index contributed by atoms with van der Waals surface area (Å²) >= 11 is 14.0. The fourth-order valence-corrected chi connectivity index (χ4v) is 6.97. The molecule has 0 saturated heterocycles. The van der Waals surface area contributed by atoms with E-state index in [4.69, 9.17) is 27.6 Å². The van der Waals surface area contributed by atoms with Gasteiger partial charge in [-0.2, -0.15) is 0 Å². The van der Waals surface area contributed by atoms with E-state index in [0.29, 0.717) is 26.4 Å². The third-order valence-electron chi connectivity index (χ3n) is 7.58. The number of aryl methyl sites for hydroxylation is 2. The van der Waals surface area contributed by atoms with E-state index in [0.717, 1.165) is 16.1 Å². The third kappa shape index (κ3) is 3.24. The van der Waals surface area contributed by atoms with Gasteiger partial charge in [0.05, 0.1) is 28.9 Å². The van der Waals surface area contributed by atoms with E-state index in [1.165, 1.54) is 22.3 Å². The molecule has 2 amide bonds. The first-order chi connectivity index (χ1) is 19.2. The molecule has 1 spiro atoms. The van der Waals surface area contributed by atoms with Gasteiger partial charge < -0.3 is 9.32 Å². The van der Waals surface area contributed by atoms with Crippen molar-refractivity contribution in [1.82, 2.24) is 4.98 Å². The van der Waals surface area contributed by atoms with Crippen LogP contribution in [-0.2, 0) is 16.9 Å². The number of fused-ring (bicyclic) bond motifs is 5. The van der Waals surface area contributed by atoms with E-state index in [1.54, 1.807) is 41.3 Å². The summed E-state index contributed by atoms with van der Waals surface area (Å²) in [6.07, 6.45) is 0. The Morgan fingerprint density at radius 3 is 2.48 bits per heavy atom. The normalized spacial score (nSPS) is 17.8. The summed E-state index contributed by atoms with van der Waals surface area (Å²) in [5.74, 6) is -1.27. The number of halogens is 2. The van der Waals surface area contributed by atoms with E-state index in [1.807, 2.05) is 38.1 Å². The van der Waals surface area contributed by atoms with E-state index in [2.05, 4.69) is 4.98 Å². The monoisotopic (exact) mass is 587 g/mol. The van der Waals surface area contributed by atoms with Crippen LogP contribution in [0.1, 0.15) is 37.8 Å². The highest BCUT2D eigenvalue weighted by atomic mass is 35.5. The second-order valence-corrected chi connectivity index (χ2v) is 11.8. The van der Waals surface area contributed by atoms with Crippen molar-refractivity contribution in [1.29, 1.82) is 0 Å². The fraction of sp³-hybridized carbons (Fsp3) is 0.133. The van der Waals surface area contributed by atoms with Gasteiger partial charge in [-0.3, -0.25) is 19.3 Å². The Morgan fingerprint density at radius 1 is 0.975 bits per heavy atom. The molecule has 5 aromatic rings. The standard InChI is InChI=1S/C30H19Cl2N3O4S/c1-15-16(2)40-29(33-15)35-27(37)26-24(25(36)19-13-18(31)11-12-23(19)39-26)30(35)20-8-4-6-10-22(20)34(28(30)38)14-17-7-3-5-9-21(17)32/h3-13H,14H2,1-2H3. The number of carbonyl (C=O) groups excluding carboxylic acids is 2. The Bertz CT molecular complexity index is 1960. The first-order valence-electron chi connectivity index (χ1n) is 12.4.